The van der Waals surface area contributed by atoms with E-state index in [1.165, 1.54) is 86.6 Å². The van der Waals surface area contributed by atoms with E-state index in [4.69, 9.17) is 0 Å². The van der Waals surface area contributed by atoms with Crippen molar-refractivity contribution < 1.29 is 0 Å². The molecule has 322 valence electrons. The second-order valence-corrected chi connectivity index (χ2v) is 18.6. The second kappa shape index (κ2) is 18.2. The maximum absolute atomic E-state index is 2.49. The molecule has 0 unspecified atom stereocenters. The summed E-state index contributed by atoms with van der Waals surface area (Å²) in [6.07, 6.45) is 0. The Hall–Kier alpha value is -8.30. The lowest BCUT2D eigenvalue weighted by Crippen LogP contribution is -2.15. The summed E-state index contributed by atoms with van der Waals surface area (Å²) in [5.74, 6) is 0.109. The van der Waals surface area contributed by atoms with Gasteiger partial charge in [-0.2, -0.15) is 0 Å². The van der Waals surface area contributed by atoms with E-state index in [2.05, 4.69) is 278 Å². The van der Waals surface area contributed by atoms with E-state index in [9.17, 15) is 0 Å². The third-order valence-electron chi connectivity index (χ3n) is 13.5. The number of nitrogens with zero attached hydrogens (tertiary/aromatic N) is 1. The summed E-state index contributed by atoms with van der Waals surface area (Å²) in [6.45, 7) is 0. The molecule has 0 bridgehead atoms. The van der Waals surface area contributed by atoms with Crippen molar-refractivity contribution in [2.75, 3.05) is 4.90 Å². The average molecular weight is 886 g/mol. The minimum Gasteiger partial charge on any atom is -0.310 e. The largest absolute Gasteiger partial charge is 0.310 e. The van der Waals surface area contributed by atoms with Crippen LogP contribution in [0.4, 0.5) is 17.1 Å². The van der Waals surface area contributed by atoms with Gasteiger partial charge in [0.1, 0.15) is 0 Å². The molecular weight excluding hydrogens is 839 g/mol. The number of fused-ring (bicyclic) bond motifs is 4. The molecule has 1 nitrogen and oxygen atoms in total. The van der Waals surface area contributed by atoms with Crippen molar-refractivity contribution in [2.45, 2.75) is 11.8 Å². The van der Waals surface area contributed by atoms with Gasteiger partial charge < -0.3 is 4.90 Å². The first-order valence-corrected chi connectivity index (χ1v) is 24.3. The van der Waals surface area contributed by atoms with Crippen LogP contribution < -0.4 is 4.90 Å². The fourth-order valence-electron chi connectivity index (χ4n) is 10.4. The molecule has 0 N–H and O–H groups in total. The van der Waals surface area contributed by atoms with Crippen LogP contribution in [0.3, 0.4) is 0 Å². The van der Waals surface area contributed by atoms with Crippen molar-refractivity contribution >= 4 is 59.3 Å². The second-order valence-electron chi connectivity index (χ2n) is 17.6. The molecule has 0 saturated carbocycles. The lowest BCUT2D eigenvalue weighted by atomic mass is 9.81. The van der Waals surface area contributed by atoms with E-state index >= 15 is 0 Å². The van der Waals surface area contributed by atoms with Gasteiger partial charge in [-0.25, -0.2) is 0 Å². The smallest absolute Gasteiger partial charge is 0.0503 e. The van der Waals surface area contributed by atoms with Gasteiger partial charge in [0.2, 0.25) is 0 Å². The topological polar surface area (TPSA) is 3.24 Å². The van der Waals surface area contributed by atoms with E-state index in [0.29, 0.717) is 0 Å². The van der Waals surface area contributed by atoms with E-state index < -0.39 is 0 Å². The van der Waals surface area contributed by atoms with Gasteiger partial charge in [0, 0.05) is 43.4 Å². The Morgan fingerprint density at radius 3 is 1.50 bits per heavy atom. The van der Waals surface area contributed by atoms with Crippen LogP contribution in [0.25, 0.3) is 53.2 Å². The van der Waals surface area contributed by atoms with Gasteiger partial charge in [0.15, 0.2) is 0 Å². The molecule has 0 amide bonds. The van der Waals surface area contributed by atoms with Crippen LogP contribution in [0.5, 0.6) is 0 Å². The molecule has 1 heterocycles. The highest BCUT2D eigenvalue weighted by Crippen LogP contribution is 2.47. The summed E-state index contributed by atoms with van der Waals surface area (Å²) in [4.78, 5) is 2.49. The summed E-state index contributed by atoms with van der Waals surface area (Å²) in [6, 6.07) is 100. The highest BCUT2D eigenvalue weighted by molar-refractivity contribution is 7.25. The van der Waals surface area contributed by atoms with Gasteiger partial charge in [-0.1, -0.05) is 231 Å². The van der Waals surface area contributed by atoms with Crippen LogP contribution in [0.1, 0.15) is 45.2 Å². The standard InChI is InChI=1S/C66H47NS/c1-5-22-47(23-6-1)65(48-24-7-2-8-25-48)59-35-16-15-34-57(59)52-39-42-63-61(44-52)58-41-40-54(45-64(58)68-63)67(53-32-19-31-51(43-53)56-37-20-30-46-21-13-14-33-55(46)56)62-38-18-17-36-60(62)66(49-26-9-3-10-27-49)50-28-11-4-12-29-50/h1-45,65-66H. The van der Waals surface area contributed by atoms with Crippen molar-refractivity contribution in [1.29, 1.82) is 0 Å². The van der Waals surface area contributed by atoms with Crippen LogP contribution >= 0.6 is 11.3 Å². The number of benzene rings is 11. The molecule has 0 fully saturated rings. The summed E-state index contributed by atoms with van der Waals surface area (Å²) >= 11 is 1.87. The molecule has 1 aromatic heterocycles. The summed E-state index contributed by atoms with van der Waals surface area (Å²) in [5, 5.41) is 5.02. The third kappa shape index (κ3) is 7.75. The Bertz CT molecular complexity index is 3610. The molecule has 0 saturated heterocycles. The molecule has 0 aliphatic heterocycles. The van der Waals surface area contributed by atoms with Crippen LogP contribution in [-0.2, 0) is 0 Å². The van der Waals surface area contributed by atoms with Gasteiger partial charge in [-0.15, -0.1) is 11.3 Å². The number of hydrogen-bond acceptors (Lipinski definition) is 2. The fourth-order valence-corrected chi connectivity index (χ4v) is 11.5. The first-order valence-electron chi connectivity index (χ1n) is 23.5. The van der Waals surface area contributed by atoms with E-state index in [0.717, 1.165) is 17.1 Å². The zero-order valence-electron chi connectivity index (χ0n) is 37.5. The highest BCUT2D eigenvalue weighted by Gasteiger charge is 2.26. The van der Waals surface area contributed by atoms with Gasteiger partial charge in [-0.3, -0.25) is 0 Å². The average Bonchev–Trinajstić information content (AvgIpc) is 3.78. The number of thiophene rings is 1. The Kier molecular flexibility index (Phi) is 11.0. The Morgan fingerprint density at radius 2 is 0.809 bits per heavy atom. The molecule has 0 aliphatic carbocycles. The molecule has 12 aromatic rings. The number of hydrogen-bond donors (Lipinski definition) is 0. The molecule has 0 atom stereocenters. The predicted molar refractivity (Wildman–Crippen MR) is 290 cm³/mol. The van der Waals surface area contributed by atoms with Crippen molar-refractivity contribution in [3.63, 3.8) is 0 Å². The molecule has 12 rings (SSSR count). The summed E-state index contributed by atoms with van der Waals surface area (Å²) in [7, 11) is 0. The molecule has 2 heteroatoms. The Morgan fingerprint density at radius 1 is 0.294 bits per heavy atom. The molecule has 0 aliphatic rings. The first kappa shape index (κ1) is 41.2. The van der Waals surface area contributed by atoms with Crippen molar-refractivity contribution in [3.8, 4) is 22.3 Å². The van der Waals surface area contributed by atoms with Crippen LogP contribution in [-0.4, -0.2) is 0 Å². The monoisotopic (exact) mass is 885 g/mol. The predicted octanol–water partition coefficient (Wildman–Crippen LogP) is 18.4. The molecule has 0 radical (unpaired) electrons. The van der Waals surface area contributed by atoms with Gasteiger partial charge in [0.05, 0.1) is 5.69 Å². The molecular formula is C66H47NS. The maximum atomic E-state index is 2.49. The van der Waals surface area contributed by atoms with Crippen LogP contribution in [0.15, 0.2) is 273 Å². The van der Waals surface area contributed by atoms with Crippen LogP contribution in [0.2, 0.25) is 0 Å². The zero-order valence-corrected chi connectivity index (χ0v) is 38.3. The lowest BCUT2D eigenvalue weighted by molar-refractivity contribution is 0.971. The van der Waals surface area contributed by atoms with Crippen molar-refractivity contribution in [2.24, 2.45) is 0 Å². The Balaban J connectivity index is 1.02. The molecule has 0 spiro atoms. The van der Waals surface area contributed by atoms with Crippen molar-refractivity contribution in [1.82, 2.24) is 0 Å². The number of anilines is 3. The quantitative estimate of drug-likeness (QED) is 0.117. The fraction of sp³-hybridized carbons (Fsp3) is 0.0303. The van der Waals surface area contributed by atoms with Gasteiger partial charge in [0.25, 0.3) is 0 Å². The maximum Gasteiger partial charge on any atom is 0.0503 e. The van der Waals surface area contributed by atoms with Crippen molar-refractivity contribution in [3.05, 3.63) is 306 Å². The highest BCUT2D eigenvalue weighted by atomic mass is 32.1. The Labute approximate surface area is 402 Å². The normalized spacial score (nSPS) is 11.5. The van der Waals surface area contributed by atoms with E-state index in [1.54, 1.807) is 0 Å². The minimum atomic E-state index is 0.00934. The summed E-state index contributed by atoms with van der Waals surface area (Å²) < 4.78 is 2.53. The minimum absolute atomic E-state index is 0.00934. The zero-order chi connectivity index (χ0) is 45.2. The molecule has 68 heavy (non-hydrogen) atoms. The lowest BCUT2D eigenvalue weighted by Gasteiger charge is -2.31. The number of rotatable bonds is 11. The SMILES string of the molecule is c1ccc(C(c2ccccc2)c2ccccc2-c2ccc3sc4cc(N(c5cccc(-c6cccc7ccccc67)c5)c5ccccc5C(c5ccccc5)c5ccccc5)ccc4c3c2)cc1. The first-order chi connectivity index (χ1) is 33.7. The van der Waals surface area contributed by atoms with Gasteiger partial charge in [-0.05, 0) is 109 Å². The molecule has 11 aromatic carbocycles. The van der Waals surface area contributed by atoms with E-state index in [-0.39, 0.29) is 11.8 Å². The third-order valence-corrected chi connectivity index (χ3v) is 14.7. The van der Waals surface area contributed by atoms with Crippen LogP contribution in [0, 0.1) is 0 Å². The number of para-hydroxylation sites is 1. The van der Waals surface area contributed by atoms with E-state index in [1.807, 2.05) is 11.3 Å². The summed E-state index contributed by atoms with van der Waals surface area (Å²) in [5.41, 5.74) is 15.9. The van der Waals surface area contributed by atoms with Gasteiger partial charge >= 0.3 is 0 Å².